The van der Waals surface area contributed by atoms with Crippen molar-refractivity contribution in [2.45, 2.75) is 20.0 Å². The molecule has 0 amide bonds. The van der Waals surface area contributed by atoms with Gasteiger partial charge in [0.25, 0.3) is 0 Å². The smallest absolute Gasteiger partial charge is 0.194 e. The van der Waals surface area contributed by atoms with Gasteiger partial charge in [-0.15, -0.1) is 0 Å². The van der Waals surface area contributed by atoms with Crippen molar-refractivity contribution in [3.8, 4) is 5.69 Å². The molecule has 0 saturated carbocycles. The maximum atomic E-state index is 14.5. The minimum atomic E-state index is -0.295. The van der Waals surface area contributed by atoms with Gasteiger partial charge in [0, 0.05) is 39.1 Å². The Labute approximate surface area is 151 Å². The summed E-state index contributed by atoms with van der Waals surface area (Å²) < 4.78 is 21.0. The summed E-state index contributed by atoms with van der Waals surface area (Å²) in [6.45, 7) is 2.85. The number of imidazole rings is 1. The van der Waals surface area contributed by atoms with Crippen molar-refractivity contribution in [3.63, 3.8) is 0 Å². The van der Waals surface area contributed by atoms with E-state index in [0.29, 0.717) is 24.7 Å². The van der Waals surface area contributed by atoms with Crippen molar-refractivity contribution in [3.05, 3.63) is 65.8 Å². The van der Waals surface area contributed by atoms with Crippen LogP contribution in [-0.2, 0) is 13.1 Å². The highest BCUT2D eigenvalue weighted by Gasteiger charge is 2.11. The fourth-order valence-corrected chi connectivity index (χ4v) is 2.69. The number of nitrogens with one attached hydrogen (secondary N) is 1. The molecule has 2 aromatic heterocycles. The fourth-order valence-electron chi connectivity index (χ4n) is 2.69. The summed E-state index contributed by atoms with van der Waals surface area (Å²) in [7, 11) is 3.60. The van der Waals surface area contributed by atoms with E-state index in [9.17, 15) is 4.39 Å². The summed E-state index contributed by atoms with van der Waals surface area (Å²) in [6, 6.07) is 6.96. The summed E-state index contributed by atoms with van der Waals surface area (Å²) in [5, 5.41) is 7.11. The van der Waals surface area contributed by atoms with Crippen LogP contribution in [0, 0.1) is 12.7 Å². The van der Waals surface area contributed by atoms with Gasteiger partial charge in [0.05, 0.1) is 12.2 Å². The van der Waals surface area contributed by atoms with Crippen LogP contribution in [0.15, 0.2) is 52.4 Å². The van der Waals surface area contributed by atoms with Gasteiger partial charge in [-0.1, -0.05) is 11.2 Å². The molecule has 0 aliphatic carbocycles. The zero-order valence-corrected chi connectivity index (χ0v) is 15.0. The van der Waals surface area contributed by atoms with Crippen LogP contribution < -0.4 is 5.32 Å². The molecule has 1 aromatic carbocycles. The van der Waals surface area contributed by atoms with Crippen LogP contribution in [0.4, 0.5) is 4.39 Å². The standard InChI is InChI=1S/C18H21FN6O/c1-13-21-7-8-25(13)17-5-4-14(10-16(17)19)11-22-18(20-2)24(3)12-15-6-9-26-23-15/h4-10H,11-12H2,1-3H3,(H,20,22). The molecule has 0 atom stereocenters. The lowest BCUT2D eigenvalue weighted by molar-refractivity contribution is 0.391. The molecule has 0 unspecified atom stereocenters. The number of hydrogen-bond acceptors (Lipinski definition) is 4. The van der Waals surface area contributed by atoms with E-state index in [1.54, 1.807) is 36.1 Å². The average Bonchev–Trinajstić information content (AvgIpc) is 3.27. The molecule has 0 bridgehead atoms. The van der Waals surface area contributed by atoms with Gasteiger partial charge in [0.15, 0.2) is 5.96 Å². The van der Waals surface area contributed by atoms with Gasteiger partial charge in [0.2, 0.25) is 0 Å². The average molecular weight is 356 g/mol. The highest BCUT2D eigenvalue weighted by Crippen LogP contribution is 2.16. The monoisotopic (exact) mass is 356 g/mol. The normalized spacial score (nSPS) is 11.6. The van der Waals surface area contributed by atoms with Crippen molar-refractivity contribution in [2.75, 3.05) is 14.1 Å². The molecule has 8 heteroatoms. The molecular formula is C18H21FN6O. The third kappa shape index (κ3) is 3.90. The van der Waals surface area contributed by atoms with E-state index in [-0.39, 0.29) is 5.82 Å². The molecular weight excluding hydrogens is 335 g/mol. The number of guanidine groups is 1. The molecule has 0 fully saturated rings. The van der Waals surface area contributed by atoms with Crippen LogP contribution in [0.5, 0.6) is 0 Å². The van der Waals surface area contributed by atoms with E-state index in [4.69, 9.17) is 4.52 Å². The number of rotatable bonds is 5. The molecule has 3 aromatic rings. The molecule has 0 radical (unpaired) electrons. The second-order valence-electron chi connectivity index (χ2n) is 5.88. The fraction of sp³-hybridized carbons (Fsp3) is 0.278. The van der Waals surface area contributed by atoms with E-state index >= 15 is 0 Å². The first kappa shape index (κ1) is 17.7. The Hall–Kier alpha value is -3.16. The van der Waals surface area contributed by atoms with Crippen LogP contribution in [0.25, 0.3) is 5.69 Å². The number of nitrogens with zero attached hydrogens (tertiary/aromatic N) is 5. The highest BCUT2D eigenvalue weighted by atomic mass is 19.1. The van der Waals surface area contributed by atoms with E-state index in [2.05, 4.69) is 20.4 Å². The molecule has 7 nitrogen and oxygen atoms in total. The van der Waals surface area contributed by atoms with E-state index in [0.717, 1.165) is 17.1 Å². The largest absolute Gasteiger partial charge is 0.364 e. The van der Waals surface area contributed by atoms with Crippen LogP contribution >= 0.6 is 0 Å². The van der Waals surface area contributed by atoms with Gasteiger partial charge in [-0.05, 0) is 24.6 Å². The molecule has 3 rings (SSSR count). The summed E-state index contributed by atoms with van der Waals surface area (Å²) in [6.07, 6.45) is 4.93. The second-order valence-corrected chi connectivity index (χ2v) is 5.88. The van der Waals surface area contributed by atoms with Gasteiger partial charge in [0.1, 0.15) is 23.6 Å². The van der Waals surface area contributed by atoms with Crippen molar-refractivity contribution in [1.29, 1.82) is 0 Å². The first-order valence-electron chi connectivity index (χ1n) is 8.18. The Morgan fingerprint density at radius 2 is 2.23 bits per heavy atom. The zero-order chi connectivity index (χ0) is 18.5. The minimum absolute atomic E-state index is 0.295. The molecule has 0 aliphatic heterocycles. The van der Waals surface area contributed by atoms with Gasteiger partial charge in [-0.25, -0.2) is 9.37 Å². The van der Waals surface area contributed by atoms with Gasteiger partial charge in [-0.2, -0.15) is 0 Å². The molecule has 26 heavy (non-hydrogen) atoms. The lowest BCUT2D eigenvalue weighted by Gasteiger charge is -2.21. The van der Waals surface area contributed by atoms with Gasteiger partial charge in [-0.3, -0.25) is 4.99 Å². The van der Waals surface area contributed by atoms with Crippen molar-refractivity contribution >= 4 is 5.96 Å². The Bertz CT molecular complexity index is 887. The van der Waals surface area contributed by atoms with Crippen LogP contribution in [0.3, 0.4) is 0 Å². The number of aryl methyl sites for hydroxylation is 1. The Balaban J connectivity index is 1.65. The molecule has 136 valence electrons. The number of aromatic nitrogens is 3. The van der Waals surface area contributed by atoms with E-state index in [1.165, 1.54) is 12.3 Å². The first-order chi connectivity index (χ1) is 12.6. The number of benzene rings is 1. The molecule has 0 spiro atoms. The van der Waals surface area contributed by atoms with Crippen molar-refractivity contribution < 1.29 is 8.91 Å². The summed E-state index contributed by atoms with van der Waals surface area (Å²) >= 11 is 0. The number of halogens is 1. The first-order valence-corrected chi connectivity index (χ1v) is 8.18. The zero-order valence-electron chi connectivity index (χ0n) is 15.0. The number of hydrogen-bond donors (Lipinski definition) is 1. The predicted molar refractivity (Wildman–Crippen MR) is 96.4 cm³/mol. The topological polar surface area (TPSA) is 71.5 Å². The predicted octanol–water partition coefficient (Wildman–Crippen LogP) is 2.52. The highest BCUT2D eigenvalue weighted by molar-refractivity contribution is 5.79. The maximum absolute atomic E-state index is 14.5. The Kier molecular flexibility index (Phi) is 5.31. The second kappa shape index (κ2) is 7.81. The third-order valence-corrected chi connectivity index (χ3v) is 4.01. The SMILES string of the molecule is CN=C(NCc1ccc(-n2ccnc2C)c(F)c1)N(C)Cc1ccon1. The lowest BCUT2D eigenvalue weighted by atomic mass is 10.2. The minimum Gasteiger partial charge on any atom is -0.364 e. The molecule has 2 heterocycles. The quantitative estimate of drug-likeness (QED) is 0.562. The van der Waals surface area contributed by atoms with E-state index < -0.39 is 0 Å². The third-order valence-electron chi connectivity index (χ3n) is 4.01. The summed E-state index contributed by atoms with van der Waals surface area (Å²) in [5.74, 6) is 1.13. The Morgan fingerprint density at radius 3 is 2.85 bits per heavy atom. The number of aliphatic imine (C=N–C) groups is 1. The maximum Gasteiger partial charge on any atom is 0.194 e. The Morgan fingerprint density at radius 1 is 1.38 bits per heavy atom. The lowest BCUT2D eigenvalue weighted by Crippen LogP contribution is -2.38. The summed E-state index contributed by atoms with van der Waals surface area (Å²) in [5.41, 5.74) is 2.11. The van der Waals surface area contributed by atoms with Crippen LogP contribution in [0.2, 0.25) is 0 Å². The van der Waals surface area contributed by atoms with Crippen LogP contribution in [-0.4, -0.2) is 39.7 Å². The van der Waals surface area contributed by atoms with Gasteiger partial charge < -0.3 is 19.3 Å². The summed E-state index contributed by atoms with van der Waals surface area (Å²) in [4.78, 5) is 10.3. The van der Waals surface area contributed by atoms with Crippen molar-refractivity contribution in [2.24, 2.45) is 4.99 Å². The van der Waals surface area contributed by atoms with Crippen LogP contribution in [0.1, 0.15) is 17.1 Å². The molecule has 1 N–H and O–H groups in total. The molecule has 0 aliphatic rings. The van der Waals surface area contributed by atoms with Crippen molar-refractivity contribution in [1.82, 2.24) is 24.9 Å². The van der Waals surface area contributed by atoms with Gasteiger partial charge >= 0.3 is 0 Å². The van der Waals surface area contributed by atoms with E-state index in [1.807, 2.05) is 24.9 Å². The molecule has 0 saturated heterocycles.